The SMILES string of the molecule is O=C(c1cccs1)N1CC[NH+](Cn2[nH]c(-c3cccs3)nc2=S)CC1. The van der Waals surface area contributed by atoms with E-state index in [0.29, 0.717) is 4.77 Å². The highest BCUT2D eigenvalue weighted by atomic mass is 32.1. The van der Waals surface area contributed by atoms with E-state index in [2.05, 4.69) is 10.1 Å². The number of H-pyrrole nitrogens is 1. The quantitative estimate of drug-likeness (QED) is 0.665. The van der Waals surface area contributed by atoms with E-state index >= 15 is 0 Å². The molecule has 0 atom stereocenters. The second-order valence-corrected chi connectivity index (χ2v) is 8.20. The molecule has 4 heterocycles. The lowest BCUT2D eigenvalue weighted by atomic mass is 10.3. The maximum absolute atomic E-state index is 12.4. The van der Waals surface area contributed by atoms with Crippen molar-refractivity contribution in [1.29, 1.82) is 0 Å². The summed E-state index contributed by atoms with van der Waals surface area (Å²) in [6.45, 7) is 4.10. The minimum Gasteiger partial charge on any atom is -0.327 e. The van der Waals surface area contributed by atoms with Crippen LogP contribution in [-0.2, 0) is 6.67 Å². The zero-order valence-corrected chi connectivity index (χ0v) is 15.9. The summed E-state index contributed by atoms with van der Waals surface area (Å²) >= 11 is 8.53. The minimum atomic E-state index is 0.146. The number of carbonyl (C=O) groups excluding carboxylic acids is 1. The summed E-state index contributed by atoms with van der Waals surface area (Å²) in [4.78, 5) is 22.1. The van der Waals surface area contributed by atoms with Crippen molar-refractivity contribution in [1.82, 2.24) is 19.7 Å². The first kappa shape index (κ1) is 16.6. The number of thiophene rings is 2. The highest BCUT2D eigenvalue weighted by Crippen LogP contribution is 2.20. The summed E-state index contributed by atoms with van der Waals surface area (Å²) in [5.41, 5.74) is 0. The molecule has 1 amide bonds. The van der Waals surface area contributed by atoms with E-state index in [1.807, 2.05) is 44.6 Å². The van der Waals surface area contributed by atoms with Crippen LogP contribution in [0.1, 0.15) is 9.67 Å². The van der Waals surface area contributed by atoms with Gasteiger partial charge >= 0.3 is 0 Å². The van der Waals surface area contributed by atoms with Crippen LogP contribution in [-0.4, -0.2) is 51.8 Å². The molecule has 2 N–H and O–H groups in total. The van der Waals surface area contributed by atoms with Crippen molar-refractivity contribution in [2.45, 2.75) is 6.67 Å². The molecule has 0 radical (unpaired) electrons. The van der Waals surface area contributed by atoms with Crippen LogP contribution in [0.5, 0.6) is 0 Å². The Morgan fingerprint density at radius 2 is 2.00 bits per heavy atom. The van der Waals surface area contributed by atoms with Gasteiger partial charge in [-0.2, -0.15) is 4.98 Å². The Bertz CT molecular complexity index is 889. The third-order valence-corrected chi connectivity index (χ3v) is 6.35. The maximum Gasteiger partial charge on any atom is 0.264 e. The smallest absolute Gasteiger partial charge is 0.264 e. The number of nitrogens with zero attached hydrogens (tertiary/aromatic N) is 3. The lowest BCUT2D eigenvalue weighted by Gasteiger charge is -2.31. The van der Waals surface area contributed by atoms with E-state index in [-0.39, 0.29) is 5.91 Å². The Balaban J connectivity index is 1.38. The molecule has 25 heavy (non-hydrogen) atoms. The molecule has 3 aromatic heterocycles. The number of hydrogen-bond acceptors (Lipinski definition) is 5. The molecule has 1 aliphatic heterocycles. The summed E-state index contributed by atoms with van der Waals surface area (Å²) in [5.74, 6) is 0.970. The third-order valence-electron chi connectivity index (χ3n) is 4.31. The van der Waals surface area contributed by atoms with Crippen LogP contribution in [0.15, 0.2) is 35.0 Å². The van der Waals surface area contributed by atoms with Crippen molar-refractivity contribution in [2.75, 3.05) is 26.2 Å². The van der Waals surface area contributed by atoms with Gasteiger partial charge in [-0.05, 0) is 35.1 Å². The number of quaternary nitrogens is 1. The third kappa shape index (κ3) is 3.59. The molecule has 3 aromatic rings. The number of rotatable bonds is 4. The second kappa shape index (κ2) is 7.20. The first-order valence-electron chi connectivity index (χ1n) is 8.08. The monoisotopic (exact) mass is 392 g/mol. The van der Waals surface area contributed by atoms with E-state index in [4.69, 9.17) is 12.2 Å². The average molecular weight is 393 g/mol. The van der Waals surface area contributed by atoms with Gasteiger partial charge in [0.2, 0.25) is 4.77 Å². The van der Waals surface area contributed by atoms with Crippen LogP contribution >= 0.6 is 34.9 Å². The molecular formula is C16H18N5OS3+. The molecule has 9 heteroatoms. The van der Waals surface area contributed by atoms with Gasteiger partial charge in [-0.1, -0.05) is 12.1 Å². The molecule has 0 bridgehead atoms. The number of aromatic amines is 1. The fraction of sp³-hybridized carbons (Fsp3) is 0.312. The second-order valence-electron chi connectivity index (χ2n) is 5.94. The first-order chi connectivity index (χ1) is 12.2. The molecule has 1 aliphatic rings. The normalized spacial score (nSPS) is 15.6. The summed E-state index contributed by atoms with van der Waals surface area (Å²) in [7, 11) is 0. The van der Waals surface area contributed by atoms with Gasteiger partial charge in [0.05, 0.1) is 35.9 Å². The lowest BCUT2D eigenvalue weighted by molar-refractivity contribution is -0.927. The highest BCUT2D eigenvalue weighted by Gasteiger charge is 2.25. The number of nitrogens with one attached hydrogen (secondary N) is 2. The Labute approximate surface area is 158 Å². The number of hydrogen-bond donors (Lipinski definition) is 2. The van der Waals surface area contributed by atoms with E-state index in [1.165, 1.54) is 16.2 Å². The molecule has 0 aromatic carbocycles. The van der Waals surface area contributed by atoms with Gasteiger partial charge in [0.25, 0.3) is 5.91 Å². The van der Waals surface area contributed by atoms with Gasteiger partial charge in [0, 0.05) is 0 Å². The Morgan fingerprint density at radius 3 is 2.68 bits per heavy atom. The molecule has 0 unspecified atom stereocenters. The number of amides is 1. The number of piperazine rings is 1. The van der Waals surface area contributed by atoms with E-state index in [9.17, 15) is 4.79 Å². The van der Waals surface area contributed by atoms with Gasteiger partial charge < -0.3 is 9.80 Å². The van der Waals surface area contributed by atoms with Gasteiger partial charge in [0.1, 0.15) is 0 Å². The molecular weight excluding hydrogens is 374 g/mol. The number of carbonyl (C=O) groups is 1. The predicted octanol–water partition coefficient (Wildman–Crippen LogP) is 1.73. The lowest BCUT2D eigenvalue weighted by Crippen LogP contribution is -3.14. The van der Waals surface area contributed by atoms with Crippen LogP contribution in [0, 0.1) is 4.77 Å². The molecule has 130 valence electrons. The fourth-order valence-electron chi connectivity index (χ4n) is 2.95. The summed E-state index contributed by atoms with van der Waals surface area (Å²) in [6.07, 6.45) is 0. The van der Waals surface area contributed by atoms with Crippen LogP contribution in [0.4, 0.5) is 0 Å². The average Bonchev–Trinajstić information content (AvgIpc) is 3.38. The van der Waals surface area contributed by atoms with Crippen LogP contribution in [0.3, 0.4) is 0 Å². The Kier molecular flexibility index (Phi) is 4.80. The van der Waals surface area contributed by atoms with E-state index in [0.717, 1.165) is 48.4 Å². The fourth-order valence-corrected chi connectivity index (χ4v) is 4.51. The van der Waals surface area contributed by atoms with Gasteiger partial charge in [0.15, 0.2) is 12.5 Å². The molecule has 6 nitrogen and oxygen atoms in total. The topological polar surface area (TPSA) is 58.4 Å². The van der Waals surface area contributed by atoms with Gasteiger partial charge in [-0.3, -0.25) is 9.89 Å². The summed E-state index contributed by atoms with van der Waals surface area (Å²) < 4.78 is 2.50. The molecule has 1 saturated heterocycles. The van der Waals surface area contributed by atoms with Crippen LogP contribution < -0.4 is 4.90 Å². The maximum atomic E-state index is 12.4. The van der Waals surface area contributed by atoms with E-state index in [1.54, 1.807) is 11.3 Å². The molecule has 0 spiro atoms. The zero-order chi connectivity index (χ0) is 17.2. The van der Waals surface area contributed by atoms with Crippen molar-refractivity contribution in [3.8, 4) is 10.7 Å². The van der Waals surface area contributed by atoms with Crippen LogP contribution in [0.2, 0.25) is 0 Å². The summed E-state index contributed by atoms with van der Waals surface area (Å²) in [5, 5.41) is 7.27. The largest absolute Gasteiger partial charge is 0.327 e. The van der Waals surface area contributed by atoms with Crippen molar-refractivity contribution >= 4 is 40.8 Å². The van der Waals surface area contributed by atoms with E-state index < -0.39 is 0 Å². The van der Waals surface area contributed by atoms with Crippen LogP contribution in [0.25, 0.3) is 10.7 Å². The minimum absolute atomic E-state index is 0.146. The molecule has 0 saturated carbocycles. The highest BCUT2D eigenvalue weighted by molar-refractivity contribution is 7.71. The molecule has 0 aliphatic carbocycles. The predicted molar refractivity (Wildman–Crippen MR) is 102 cm³/mol. The Hall–Kier alpha value is -1.81. The molecule has 4 rings (SSSR count). The van der Waals surface area contributed by atoms with Crippen molar-refractivity contribution in [3.05, 3.63) is 44.7 Å². The van der Waals surface area contributed by atoms with Crippen molar-refractivity contribution in [3.63, 3.8) is 0 Å². The first-order valence-corrected chi connectivity index (χ1v) is 10.2. The van der Waals surface area contributed by atoms with Gasteiger partial charge in [-0.15, -0.1) is 22.7 Å². The standard InChI is InChI=1S/C16H17N5OS3/c22-15(13-4-2-10-25-13)20-7-5-19(6-8-20)11-21-16(23)17-14(18-21)12-3-1-9-24-12/h1-4,9-10H,5-8,11H2,(H,17,18,23)/p+1. The summed E-state index contributed by atoms with van der Waals surface area (Å²) in [6, 6.07) is 7.85. The zero-order valence-electron chi connectivity index (χ0n) is 13.5. The van der Waals surface area contributed by atoms with Gasteiger partial charge in [-0.25, -0.2) is 4.68 Å². The molecule has 1 fully saturated rings. The number of aromatic nitrogens is 3. The Morgan fingerprint density at radius 1 is 1.24 bits per heavy atom. The van der Waals surface area contributed by atoms with Crippen molar-refractivity contribution in [2.24, 2.45) is 0 Å². The van der Waals surface area contributed by atoms with Crippen molar-refractivity contribution < 1.29 is 9.69 Å².